The van der Waals surface area contributed by atoms with E-state index in [-0.39, 0.29) is 69.4 Å². The average Bonchev–Trinajstić information content (AvgIpc) is 3.52. The predicted molar refractivity (Wildman–Crippen MR) is 121 cm³/mol. The Morgan fingerprint density at radius 1 is 1.06 bits per heavy atom. The molecule has 9 heteroatoms. The number of benzene rings is 1. The minimum absolute atomic E-state index is 0.0466. The zero-order valence-corrected chi connectivity index (χ0v) is 19.4. The molecule has 1 saturated heterocycles. The first-order chi connectivity index (χ1) is 16.4. The lowest BCUT2D eigenvalue weighted by molar-refractivity contribution is -0.147. The standard InChI is InChI=1S/C25H31FN2O6/c1-2-32-25(31)12-11-23(29)28(17-22-6-4-14-34-22)18-24(30)27(16-21-5-3-13-33-21)15-19-7-9-20(26)10-8-19/h3,5,7-10,13,22H,2,4,6,11-12,14-18H2,1H3. The van der Waals surface area contributed by atoms with Gasteiger partial charge >= 0.3 is 5.97 Å². The van der Waals surface area contributed by atoms with E-state index in [0.717, 1.165) is 18.4 Å². The normalized spacial score (nSPS) is 15.2. The van der Waals surface area contributed by atoms with E-state index in [4.69, 9.17) is 13.9 Å². The summed E-state index contributed by atoms with van der Waals surface area (Å²) in [5.41, 5.74) is 0.751. The van der Waals surface area contributed by atoms with Gasteiger partial charge in [-0.05, 0) is 49.6 Å². The highest BCUT2D eigenvalue weighted by atomic mass is 19.1. The van der Waals surface area contributed by atoms with Crippen LogP contribution in [0.25, 0.3) is 0 Å². The van der Waals surface area contributed by atoms with E-state index in [1.807, 2.05) is 0 Å². The summed E-state index contributed by atoms with van der Waals surface area (Å²) in [6, 6.07) is 9.41. The number of carbonyl (C=O) groups excluding carboxylic acids is 3. The highest BCUT2D eigenvalue weighted by Gasteiger charge is 2.27. The molecule has 1 aliphatic heterocycles. The first-order valence-electron chi connectivity index (χ1n) is 11.5. The van der Waals surface area contributed by atoms with Gasteiger partial charge in [-0.1, -0.05) is 12.1 Å². The lowest BCUT2D eigenvalue weighted by Crippen LogP contribution is -2.45. The van der Waals surface area contributed by atoms with Crippen molar-refractivity contribution in [2.75, 3.05) is 26.3 Å². The van der Waals surface area contributed by atoms with Crippen LogP contribution in [-0.4, -0.2) is 60.0 Å². The van der Waals surface area contributed by atoms with Crippen molar-refractivity contribution in [3.63, 3.8) is 0 Å². The van der Waals surface area contributed by atoms with Crippen LogP contribution in [0.1, 0.15) is 43.9 Å². The van der Waals surface area contributed by atoms with Gasteiger partial charge in [0.1, 0.15) is 11.6 Å². The van der Waals surface area contributed by atoms with Crippen LogP contribution in [0.4, 0.5) is 4.39 Å². The number of halogens is 1. The lowest BCUT2D eigenvalue weighted by atomic mass is 10.2. The van der Waals surface area contributed by atoms with E-state index in [1.54, 1.807) is 36.1 Å². The highest BCUT2D eigenvalue weighted by molar-refractivity contribution is 5.86. The summed E-state index contributed by atoms with van der Waals surface area (Å²) in [5.74, 6) is -0.813. The molecule has 0 radical (unpaired) electrons. The fraction of sp³-hybridized carbons (Fsp3) is 0.480. The molecule has 0 saturated carbocycles. The molecule has 1 aromatic heterocycles. The summed E-state index contributed by atoms with van der Waals surface area (Å²) in [5, 5.41) is 0. The van der Waals surface area contributed by atoms with E-state index < -0.39 is 5.97 Å². The van der Waals surface area contributed by atoms with Gasteiger partial charge < -0.3 is 23.7 Å². The molecule has 184 valence electrons. The second-order valence-electron chi connectivity index (χ2n) is 8.17. The number of carbonyl (C=O) groups is 3. The largest absolute Gasteiger partial charge is 0.467 e. The van der Waals surface area contributed by atoms with Gasteiger partial charge in [-0.2, -0.15) is 0 Å². The SMILES string of the molecule is CCOC(=O)CCC(=O)N(CC(=O)N(Cc1ccc(F)cc1)Cc1ccco1)CC1CCCO1. The van der Waals surface area contributed by atoms with Crippen molar-refractivity contribution >= 4 is 17.8 Å². The highest BCUT2D eigenvalue weighted by Crippen LogP contribution is 2.16. The second-order valence-corrected chi connectivity index (χ2v) is 8.17. The zero-order chi connectivity index (χ0) is 24.3. The molecule has 2 heterocycles. The Hall–Kier alpha value is -3.20. The van der Waals surface area contributed by atoms with E-state index in [9.17, 15) is 18.8 Å². The number of ether oxygens (including phenoxy) is 2. The first kappa shape index (κ1) is 25.4. The number of amides is 2. The fourth-order valence-electron chi connectivity index (χ4n) is 3.79. The molecule has 1 fully saturated rings. The third kappa shape index (κ3) is 7.98. The van der Waals surface area contributed by atoms with Crippen LogP contribution in [0.15, 0.2) is 47.1 Å². The Morgan fingerprint density at radius 2 is 1.85 bits per heavy atom. The molecule has 1 unspecified atom stereocenters. The van der Waals surface area contributed by atoms with Crippen molar-refractivity contribution in [3.8, 4) is 0 Å². The molecular weight excluding hydrogens is 443 g/mol. The number of nitrogens with zero attached hydrogens (tertiary/aromatic N) is 2. The quantitative estimate of drug-likeness (QED) is 0.439. The zero-order valence-electron chi connectivity index (χ0n) is 19.4. The van der Waals surface area contributed by atoms with E-state index in [0.29, 0.717) is 12.4 Å². The Morgan fingerprint density at radius 3 is 2.50 bits per heavy atom. The minimum atomic E-state index is -0.449. The summed E-state index contributed by atoms with van der Waals surface area (Å²) in [7, 11) is 0. The van der Waals surface area contributed by atoms with Crippen molar-refractivity contribution in [2.24, 2.45) is 0 Å². The molecule has 1 atom stereocenters. The Labute approximate surface area is 198 Å². The van der Waals surface area contributed by atoms with Gasteiger partial charge in [0.05, 0.1) is 38.5 Å². The topological polar surface area (TPSA) is 89.3 Å². The minimum Gasteiger partial charge on any atom is -0.467 e. The van der Waals surface area contributed by atoms with E-state index in [1.165, 1.54) is 23.3 Å². The van der Waals surface area contributed by atoms with Crippen molar-refractivity contribution in [3.05, 3.63) is 59.8 Å². The third-order valence-corrected chi connectivity index (χ3v) is 5.54. The maximum atomic E-state index is 13.4. The molecule has 0 aliphatic carbocycles. The summed E-state index contributed by atoms with van der Waals surface area (Å²) < 4.78 is 29.3. The summed E-state index contributed by atoms with van der Waals surface area (Å²) in [6.07, 6.45) is 3.00. The van der Waals surface area contributed by atoms with E-state index in [2.05, 4.69) is 0 Å². The Bertz CT molecular complexity index is 925. The van der Waals surface area contributed by atoms with Gasteiger partial charge in [-0.25, -0.2) is 4.39 Å². The van der Waals surface area contributed by atoms with Gasteiger partial charge in [-0.3, -0.25) is 14.4 Å². The Kier molecular flexibility index (Phi) is 9.63. The van der Waals surface area contributed by atoms with Crippen LogP contribution in [-0.2, 0) is 36.9 Å². The van der Waals surface area contributed by atoms with Crippen LogP contribution in [0.3, 0.4) is 0 Å². The maximum Gasteiger partial charge on any atom is 0.306 e. The smallest absolute Gasteiger partial charge is 0.306 e. The van der Waals surface area contributed by atoms with Gasteiger partial charge in [0.15, 0.2) is 0 Å². The van der Waals surface area contributed by atoms with Crippen LogP contribution in [0.2, 0.25) is 0 Å². The van der Waals surface area contributed by atoms with Crippen molar-refractivity contribution in [2.45, 2.75) is 51.8 Å². The summed E-state index contributed by atoms with van der Waals surface area (Å²) in [6.45, 7) is 3.12. The van der Waals surface area contributed by atoms with Crippen molar-refractivity contribution in [1.82, 2.24) is 9.80 Å². The van der Waals surface area contributed by atoms with Crippen molar-refractivity contribution in [1.29, 1.82) is 0 Å². The molecule has 0 bridgehead atoms. The molecule has 2 aromatic rings. The third-order valence-electron chi connectivity index (χ3n) is 5.54. The molecule has 1 aliphatic rings. The predicted octanol–water partition coefficient (Wildman–Crippen LogP) is 3.30. The summed E-state index contributed by atoms with van der Waals surface area (Å²) >= 11 is 0. The van der Waals surface area contributed by atoms with Crippen molar-refractivity contribution < 1.29 is 32.7 Å². The van der Waals surface area contributed by atoms with Gasteiger partial charge in [0.25, 0.3) is 0 Å². The maximum absolute atomic E-state index is 13.4. The number of hydrogen-bond acceptors (Lipinski definition) is 6. The number of rotatable bonds is 12. The lowest BCUT2D eigenvalue weighted by Gasteiger charge is -2.29. The molecule has 8 nitrogen and oxygen atoms in total. The Balaban J connectivity index is 1.71. The molecule has 34 heavy (non-hydrogen) atoms. The molecule has 0 N–H and O–H groups in total. The average molecular weight is 475 g/mol. The first-order valence-corrected chi connectivity index (χ1v) is 11.5. The van der Waals surface area contributed by atoms with Gasteiger partial charge in [0, 0.05) is 26.1 Å². The molecule has 2 amide bonds. The fourth-order valence-corrected chi connectivity index (χ4v) is 3.79. The molecule has 1 aromatic carbocycles. The van der Waals surface area contributed by atoms with E-state index >= 15 is 0 Å². The van der Waals surface area contributed by atoms with Gasteiger partial charge in [0.2, 0.25) is 11.8 Å². The monoisotopic (exact) mass is 474 g/mol. The van der Waals surface area contributed by atoms with Gasteiger partial charge in [-0.15, -0.1) is 0 Å². The van der Waals surface area contributed by atoms with Crippen LogP contribution < -0.4 is 0 Å². The number of hydrogen-bond donors (Lipinski definition) is 0. The van der Waals surface area contributed by atoms with Crippen LogP contribution in [0.5, 0.6) is 0 Å². The number of esters is 1. The molecule has 0 spiro atoms. The summed E-state index contributed by atoms with van der Waals surface area (Å²) in [4.78, 5) is 41.0. The molecular formula is C25H31FN2O6. The molecule has 3 rings (SSSR count). The number of furan rings is 1. The second kappa shape index (κ2) is 12.9. The van der Waals surface area contributed by atoms with Crippen LogP contribution in [0, 0.1) is 5.82 Å². The van der Waals surface area contributed by atoms with Crippen LogP contribution >= 0.6 is 0 Å².